The van der Waals surface area contributed by atoms with E-state index in [0.29, 0.717) is 6.42 Å². The highest BCUT2D eigenvalue weighted by Crippen LogP contribution is 2.23. The number of ether oxygens (including phenoxy) is 1. The number of aromatic nitrogens is 2. The average molecular weight is 411 g/mol. The summed E-state index contributed by atoms with van der Waals surface area (Å²) in [5.74, 6) is 0.868. The molecule has 31 heavy (non-hydrogen) atoms. The molecular weight excluding hydrogens is 384 g/mol. The Balaban J connectivity index is 1.50. The lowest BCUT2D eigenvalue weighted by Crippen LogP contribution is -2.05. The Kier molecular flexibility index (Phi) is 6.27. The van der Waals surface area contributed by atoms with Crippen molar-refractivity contribution in [2.75, 3.05) is 0 Å². The van der Waals surface area contributed by atoms with Crippen molar-refractivity contribution in [3.8, 4) is 11.4 Å². The summed E-state index contributed by atoms with van der Waals surface area (Å²) in [6.07, 6.45) is 8.52. The number of rotatable bonds is 8. The molecule has 4 nitrogen and oxygen atoms in total. The summed E-state index contributed by atoms with van der Waals surface area (Å²) in [5.41, 5.74) is 6.48. The van der Waals surface area contributed by atoms with E-state index in [4.69, 9.17) is 4.74 Å². The summed E-state index contributed by atoms with van der Waals surface area (Å²) in [6, 6.07) is 22.7. The first-order valence-corrected chi connectivity index (χ1v) is 10.6. The Morgan fingerprint density at radius 1 is 0.935 bits per heavy atom. The van der Waals surface area contributed by atoms with E-state index in [1.54, 1.807) is 0 Å². The minimum absolute atomic E-state index is 0.159. The van der Waals surface area contributed by atoms with Crippen LogP contribution in [0.5, 0.6) is 5.75 Å². The molecule has 0 N–H and O–H groups in total. The summed E-state index contributed by atoms with van der Waals surface area (Å²) in [6.45, 7) is 4.04. The second kappa shape index (κ2) is 9.43. The second-order valence-corrected chi connectivity index (χ2v) is 7.80. The molecule has 0 saturated heterocycles. The molecule has 0 atom stereocenters. The Morgan fingerprint density at radius 2 is 1.65 bits per heavy atom. The monoisotopic (exact) mass is 410 g/mol. The molecule has 0 saturated carbocycles. The Morgan fingerprint density at radius 3 is 2.35 bits per heavy atom. The van der Waals surface area contributed by atoms with Crippen LogP contribution >= 0.6 is 0 Å². The molecule has 0 fully saturated rings. The molecule has 3 aromatic carbocycles. The second-order valence-electron chi connectivity index (χ2n) is 7.80. The van der Waals surface area contributed by atoms with E-state index in [0.717, 1.165) is 46.3 Å². The maximum absolute atomic E-state index is 10.5. The highest BCUT2D eigenvalue weighted by atomic mass is 16.5. The smallest absolute Gasteiger partial charge is 0.120 e. The molecule has 0 aliphatic heterocycles. The van der Waals surface area contributed by atoms with Crippen molar-refractivity contribution in [1.82, 2.24) is 9.55 Å². The SMILES string of the molecule is CC(C)Oc1ccc(-n2cnc3cc(/C=C\c4ccc(CCC=O)cc4)ccc32)cc1. The Labute approximate surface area is 182 Å². The van der Waals surface area contributed by atoms with Crippen molar-refractivity contribution in [1.29, 1.82) is 0 Å². The van der Waals surface area contributed by atoms with Crippen LogP contribution in [-0.2, 0) is 11.2 Å². The van der Waals surface area contributed by atoms with E-state index in [2.05, 4.69) is 64.2 Å². The third-order valence-corrected chi connectivity index (χ3v) is 5.06. The van der Waals surface area contributed by atoms with Gasteiger partial charge < -0.3 is 9.53 Å². The average Bonchev–Trinajstić information content (AvgIpc) is 3.20. The molecule has 0 unspecified atom stereocenters. The highest BCUT2D eigenvalue weighted by molar-refractivity contribution is 5.82. The van der Waals surface area contributed by atoms with Crippen LogP contribution in [0.4, 0.5) is 0 Å². The number of carbonyl (C=O) groups is 1. The summed E-state index contributed by atoms with van der Waals surface area (Å²) < 4.78 is 7.81. The van der Waals surface area contributed by atoms with Crippen LogP contribution in [0.15, 0.2) is 73.1 Å². The Bertz CT molecular complexity index is 1190. The van der Waals surface area contributed by atoms with Crippen LogP contribution in [0.25, 0.3) is 28.9 Å². The molecule has 1 heterocycles. The number of aldehydes is 1. The fourth-order valence-electron chi connectivity index (χ4n) is 3.51. The third kappa shape index (κ3) is 5.10. The van der Waals surface area contributed by atoms with Crippen molar-refractivity contribution in [2.45, 2.75) is 32.8 Å². The van der Waals surface area contributed by atoms with Crippen LogP contribution in [0.2, 0.25) is 0 Å². The van der Waals surface area contributed by atoms with Crippen molar-refractivity contribution >= 4 is 29.5 Å². The van der Waals surface area contributed by atoms with Gasteiger partial charge in [0.25, 0.3) is 0 Å². The van der Waals surface area contributed by atoms with Crippen LogP contribution in [0.1, 0.15) is 37.0 Å². The van der Waals surface area contributed by atoms with E-state index < -0.39 is 0 Å². The van der Waals surface area contributed by atoms with Crippen molar-refractivity contribution in [3.63, 3.8) is 0 Å². The molecular formula is C27H26N2O2. The Hall–Kier alpha value is -3.66. The van der Waals surface area contributed by atoms with Gasteiger partial charge in [0.15, 0.2) is 0 Å². The molecule has 156 valence electrons. The zero-order valence-electron chi connectivity index (χ0n) is 17.9. The first-order valence-electron chi connectivity index (χ1n) is 10.6. The molecule has 0 amide bonds. The first kappa shape index (κ1) is 20.6. The molecule has 4 aromatic rings. The largest absolute Gasteiger partial charge is 0.491 e. The van der Waals surface area contributed by atoms with Crippen LogP contribution in [0.3, 0.4) is 0 Å². The van der Waals surface area contributed by atoms with Gasteiger partial charge in [0, 0.05) is 12.1 Å². The fourth-order valence-corrected chi connectivity index (χ4v) is 3.51. The normalized spacial score (nSPS) is 11.5. The summed E-state index contributed by atoms with van der Waals surface area (Å²) >= 11 is 0. The quantitative estimate of drug-likeness (QED) is 0.260. The third-order valence-electron chi connectivity index (χ3n) is 5.06. The van der Waals surface area contributed by atoms with Gasteiger partial charge in [-0.2, -0.15) is 0 Å². The van der Waals surface area contributed by atoms with Gasteiger partial charge in [-0.25, -0.2) is 4.98 Å². The summed E-state index contributed by atoms with van der Waals surface area (Å²) in [7, 11) is 0. The van der Waals surface area contributed by atoms with E-state index in [-0.39, 0.29) is 6.10 Å². The van der Waals surface area contributed by atoms with E-state index in [9.17, 15) is 4.79 Å². The topological polar surface area (TPSA) is 44.1 Å². The highest BCUT2D eigenvalue weighted by Gasteiger charge is 2.06. The lowest BCUT2D eigenvalue weighted by atomic mass is 10.1. The molecule has 0 spiro atoms. The number of aryl methyl sites for hydroxylation is 1. The lowest BCUT2D eigenvalue weighted by Gasteiger charge is -2.10. The van der Waals surface area contributed by atoms with E-state index in [1.165, 1.54) is 5.56 Å². The zero-order valence-corrected chi connectivity index (χ0v) is 17.9. The minimum atomic E-state index is 0.159. The molecule has 0 aliphatic rings. The maximum Gasteiger partial charge on any atom is 0.120 e. The van der Waals surface area contributed by atoms with Crippen LogP contribution in [-0.4, -0.2) is 21.9 Å². The van der Waals surface area contributed by atoms with Gasteiger partial charge in [-0.05, 0) is 73.4 Å². The molecule has 0 aliphatic carbocycles. The zero-order chi connectivity index (χ0) is 21.6. The van der Waals surface area contributed by atoms with Crippen molar-refractivity contribution in [2.24, 2.45) is 0 Å². The number of carbonyl (C=O) groups excluding carboxylic acids is 1. The van der Waals surface area contributed by atoms with Crippen LogP contribution < -0.4 is 4.74 Å². The van der Waals surface area contributed by atoms with E-state index >= 15 is 0 Å². The standard InChI is InChI=1S/C27H26N2O2/c1-20(2)31-25-14-12-24(13-15-25)29-19-28-26-18-23(11-16-27(26)29)10-9-22-7-5-21(6-8-22)4-3-17-30/h5-20H,3-4H2,1-2H3/b10-9-. The number of nitrogens with zero attached hydrogens (tertiary/aromatic N) is 2. The predicted octanol–water partition coefficient (Wildman–Crippen LogP) is 6.11. The van der Waals surface area contributed by atoms with Crippen molar-refractivity contribution in [3.05, 3.63) is 89.7 Å². The molecule has 1 aromatic heterocycles. The lowest BCUT2D eigenvalue weighted by molar-refractivity contribution is -0.107. The number of imidazole rings is 1. The number of hydrogen-bond acceptors (Lipinski definition) is 3. The number of benzene rings is 3. The van der Waals surface area contributed by atoms with Gasteiger partial charge in [0.05, 0.1) is 17.1 Å². The fraction of sp³-hybridized carbons (Fsp3) is 0.185. The molecule has 4 rings (SSSR count). The first-order chi connectivity index (χ1) is 15.1. The molecule has 4 heteroatoms. The molecule has 0 radical (unpaired) electrons. The number of fused-ring (bicyclic) bond motifs is 1. The summed E-state index contributed by atoms with van der Waals surface area (Å²) in [5, 5.41) is 0. The van der Waals surface area contributed by atoms with E-state index in [1.807, 2.05) is 44.4 Å². The van der Waals surface area contributed by atoms with Gasteiger partial charge in [-0.15, -0.1) is 0 Å². The van der Waals surface area contributed by atoms with Gasteiger partial charge >= 0.3 is 0 Å². The van der Waals surface area contributed by atoms with Gasteiger partial charge in [-0.3, -0.25) is 4.57 Å². The minimum Gasteiger partial charge on any atom is -0.491 e. The van der Waals surface area contributed by atoms with Crippen molar-refractivity contribution < 1.29 is 9.53 Å². The summed E-state index contributed by atoms with van der Waals surface area (Å²) in [4.78, 5) is 15.1. The predicted molar refractivity (Wildman–Crippen MR) is 127 cm³/mol. The number of hydrogen-bond donors (Lipinski definition) is 0. The van der Waals surface area contributed by atoms with Gasteiger partial charge in [0.2, 0.25) is 0 Å². The van der Waals surface area contributed by atoms with Gasteiger partial charge in [0.1, 0.15) is 18.4 Å². The van der Waals surface area contributed by atoms with Crippen LogP contribution in [0, 0.1) is 0 Å². The maximum atomic E-state index is 10.5. The molecule has 0 bridgehead atoms. The van der Waals surface area contributed by atoms with Gasteiger partial charge in [-0.1, -0.05) is 42.5 Å².